The molecule has 186 valence electrons. The molecular weight excluding hydrogens is 415 g/mol. The van der Waals surface area contributed by atoms with Crippen LogP contribution in [0.25, 0.3) is 0 Å². The zero-order valence-electron chi connectivity index (χ0n) is 20.1. The Morgan fingerprint density at radius 2 is 1.16 bits per heavy atom. The Morgan fingerprint density at radius 1 is 0.742 bits per heavy atom. The Morgan fingerprint density at radius 3 is 1.48 bits per heavy atom. The number of hydrogen-bond acceptors (Lipinski definition) is 3. The lowest BCUT2D eigenvalue weighted by atomic mass is 10.0. The molecule has 1 rings (SSSR count). The van der Waals surface area contributed by atoms with Crippen LogP contribution in [0.2, 0.25) is 0 Å². The predicted molar refractivity (Wildman–Crippen MR) is 131 cm³/mol. The van der Waals surface area contributed by atoms with Gasteiger partial charge in [-0.25, -0.2) is 4.98 Å². The minimum atomic E-state index is -3.69. The zero-order chi connectivity index (χ0) is 22.3. The van der Waals surface area contributed by atoms with Gasteiger partial charge >= 0.3 is 0 Å². The van der Waals surface area contributed by atoms with Crippen LogP contribution in [0.1, 0.15) is 129 Å². The highest BCUT2D eigenvalue weighted by molar-refractivity contribution is 7.85. The van der Waals surface area contributed by atoms with E-state index >= 15 is 0 Å². The minimum Gasteiger partial charge on any atom is -0.349 e. The smallest absolute Gasteiger partial charge is 0.264 e. The summed E-state index contributed by atoms with van der Waals surface area (Å²) in [6, 6.07) is 0. The van der Waals surface area contributed by atoms with E-state index in [2.05, 4.69) is 16.9 Å². The van der Waals surface area contributed by atoms with Crippen LogP contribution in [0.3, 0.4) is 0 Å². The van der Waals surface area contributed by atoms with Crippen molar-refractivity contribution < 1.29 is 17.7 Å². The summed E-state index contributed by atoms with van der Waals surface area (Å²) in [6.07, 6.45) is 27.6. The van der Waals surface area contributed by atoms with E-state index in [1.807, 2.05) is 19.3 Å². The average Bonchev–Trinajstić information content (AvgIpc) is 3.23. The first-order chi connectivity index (χ1) is 14.5. The second-order valence-corrected chi connectivity index (χ2v) is 9.95. The quantitative estimate of drug-likeness (QED) is 0.163. The van der Waals surface area contributed by atoms with Crippen LogP contribution in [0.4, 0.5) is 4.70 Å². The van der Waals surface area contributed by atoms with Crippen molar-refractivity contribution in [2.45, 2.75) is 129 Å². The number of aryl methyl sites for hydroxylation is 1. The van der Waals surface area contributed by atoms with Crippen LogP contribution in [-0.4, -0.2) is 28.7 Å². The molecule has 0 unspecified atom stereocenters. The van der Waals surface area contributed by atoms with Gasteiger partial charge in [0.15, 0.2) is 0 Å². The second-order valence-electron chi connectivity index (χ2n) is 8.38. The maximum absolute atomic E-state index is 9.95. The van der Waals surface area contributed by atoms with E-state index in [0.29, 0.717) is 6.42 Å². The van der Waals surface area contributed by atoms with Crippen LogP contribution < -0.4 is 0 Å². The summed E-state index contributed by atoms with van der Waals surface area (Å²) in [4.78, 5) is 7.44. The van der Waals surface area contributed by atoms with Crippen molar-refractivity contribution in [3.05, 3.63) is 18.2 Å². The first kappa shape index (κ1) is 32.2. The number of unbranched alkanes of at least 4 members (excludes halogenated alkanes) is 15. The normalized spacial score (nSPS) is 10.9. The zero-order valence-corrected chi connectivity index (χ0v) is 20.9. The molecule has 0 amide bonds. The van der Waals surface area contributed by atoms with E-state index in [4.69, 9.17) is 4.55 Å². The van der Waals surface area contributed by atoms with E-state index in [1.165, 1.54) is 96.3 Å². The van der Waals surface area contributed by atoms with Crippen molar-refractivity contribution in [3.63, 3.8) is 0 Å². The molecule has 1 aromatic heterocycles. The molecule has 0 saturated carbocycles. The lowest BCUT2D eigenvalue weighted by Crippen LogP contribution is -2.02. The van der Waals surface area contributed by atoms with E-state index in [0.717, 1.165) is 18.7 Å². The van der Waals surface area contributed by atoms with Crippen LogP contribution in [-0.2, 0) is 16.5 Å². The summed E-state index contributed by atoms with van der Waals surface area (Å²) in [5, 5.41) is 0. The van der Waals surface area contributed by atoms with Gasteiger partial charge in [0.05, 0.1) is 5.75 Å². The maximum Gasteiger partial charge on any atom is 0.264 e. The molecule has 5 nitrogen and oxygen atoms in total. The molecule has 2 N–H and O–H groups in total. The fourth-order valence-corrected chi connectivity index (χ4v) is 4.08. The standard InChI is InChI=1S/C20H38N2.C4H10O3S.FH/c1-2-3-4-5-6-7-8-9-10-11-12-13-14-15-16-17-20-21-18-19-22-20;1-2-3-4-8(5,6)7;/h18-19H,2-17H2,1H3,(H,21,22);2-4H2,1H3,(H,5,6,7);1H. The lowest BCUT2D eigenvalue weighted by Gasteiger charge is -2.03. The highest BCUT2D eigenvalue weighted by atomic mass is 32.2. The molecule has 0 bridgehead atoms. The largest absolute Gasteiger partial charge is 0.349 e. The van der Waals surface area contributed by atoms with Gasteiger partial charge in [0, 0.05) is 18.8 Å². The fourth-order valence-electron chi connectivity index (χ4n) is 3.43. The second kappa shape index (κ2) is 23.7. The van der Waals surface area contributed by atoms with Crippen molar-refractivity contribution in [2.75, 3.05) is 5.75 Å². The fraction of sp³-hybridized carbons (Fsp3) is 0.875. The van der Waals surface area contributed by atoms with Crippen molar-refractivity contribution in [3.8, 4) is 0 Å². The predicted octanol–water partition coefficient (Wildman–Crippen LogP) is 7.65. The van der Waals surface area contributed by atoms with Gasteiger partial charge < -0.3 is 4.98 Å². The third-order valence-corrected chi connectivity index (χ3v) is 6.13. The van der Waals surface area contributed by atoms with Gasteiger partial charge in [-0.3, -0.25) is 9.26 Å². The molecule has 0 aromatic carbocycles. The Balaban J connectivity index is 0. The number of nitrogens with one attached hydrogen (secondary N) is 1. The summed E-state index contributed by atoms with van der Waals surface area (Å²) < 4.78 is 28.0. The van der Waals surface area contributed by atoms with Crippen molar-refractivity contribution in [2.24, 2.45) is 0 Å². The SMILES string of the molecule is CCCCCCCCCCCCCCCCCc1ncc[nH]1.CCCCS(=O)(=O)O.F. The molecular formula is C24H49FN2O3S. The van der Waals surface area contributed by atoms with E-state index < -0.39 is 10.1 Å². The summed E-state index contributed by atoms with van der Waals surface area (Å²) in [7, 11) is -3.69. The molecule has 0 saturated heterocycles. The third-order valence-electron chi connectivity index (χ3n) is 5.33. The molecule has 0 spiro atoms. The summed E-state index contributed by atoms with van der Waals surface area (Å²) in [5.41, 5.74) is 0. The van der Waals surface area contributed by atoms with Gasteiger partial charge in [0.1, 0.15) is 5.82 Å². The number of aromatic amines is 1. The van der Waals surface area contributed by atoms with Crippen LogP contribution >= 0.6 is 0 Å². The molecule has 0 atom stereocenters. The summed E-state index contributed by atoms with van der Waals surface area (Å²) in [6.45, 7) is 4.16. The van der Waals surface area contributed by atoms with Gasteiger partial charge in [0.25, 0.3) is 10.1 Å². The van der Waals surface area contributed by atoms with Crippen LogP contribution in [0.5, 0.6) is 0 Å². The van der Waals surface area contributed by atoms with E-state index in [9.17, 15) is 8.42 Å². The number of nitrogens with zero attached hydrogens (tertiary/aromatic N) is 1. The van der Waals surface area contributed by atoms with Crippen LogP contribution in [0, 0.1) is 0 Å². The number of H-pyrrole nitrogens is 1. The number of aromatic nitrogens is 2. The molecule has 0 radical (unpaired) electrons. The Bertz CT molecular complexity index is 551. The molecule has 0 aliphatic heterocycles. The Kier molecular flexibility index (Phi) is 24.6. The van der Waals surface area contributed by atoms with Gasteiger partial charge in [-0.05, 0) is 12.8 Å². The van der Waals surface area contributed by atoms with Gasteiger partial charge in [-0.1, -0.05) is 110 Å². The Hall–Kier alpha value is -0.950. The number of rotatable bonds is 19. The molecule has 0 aliphatic rings. The van der Waals surface area contributed by atoms with Crippen LogP contribution in [0.15, 0.2) is 12.4 Å². The number of hydrogen-bond donors (Lipinski definition) is 2. The number of halogens is 1. The average molecular weight is 465 g/mol. The van der Waals surface area contributed by atoms with Crippen molar-refractivity contribution >= 4 is 10.1 Å². The maximum atomic E-state index is 9.95. The molecule has 7 heteroatoms. The molecule has 1 heterocycles. The van der Waals surface area contributed by atoms with E-state index in [-0.39, 0.29) is 10.5 Å². The van der Waals surface area contributed by atoms with Gasteiger partial charge in [-0.15, -0.1) is 0 Å². The monoisotopic (exact) mass is 464 g/mol. The highest BCUT2D eigenvalue weighted by Crippen LogP contribution is 2.13. The number of imidazole rings is 1. The first-order valence-corrected chi connectivity index (χ1v) is 14.0. The highest BCUT2D eigenvalue weighted by Gasteiger charge is 2.00. The molecule has 0 aliphatic carbocycles. The first-order valence-electron chi connectivity index (χ1n) is 12.4. The van der Waals surface area contributed by atoms with E-state index in [1.54, 1.807) is 0 Å². The molecule has 1 aromatic rings. The summed E-state index contributed by atoms with van der Waals surface area (Å²) in [5.74, 6) is 1.04. The minimum absolute atomic E-state index is 0. The lowest BCUT2D eigenvalue weighted by molar-refractivity contribution is 0.480. The molecule has 31 heavy (non-hydrogen) atoms. The topological polar surface area (TPSA) is 83.0 Å². The Labute approximate surface area is 191 Å². The van der Waals surface area contributed by atoms with Crippen molar-refractivity contribution in [1.29, 1.82) is 0 Å². The third kappa shape index (κ3) is 27.0. The summed E-state index contributed by atoms with van der Waals surface area (Å²) >= 11 is 0. The van der Waals surface area contributed by atoms with Gasteiger partial charge in [0.2, 0.25) is 0 Å². The van der Waals surface area contributed by atoms with Gasteiger partial charge in [-0.2, -0.15) is 8.42 Å². The van der Waals surface area contributed by atoms with Crippen molar-refractivity contribution in [1.82, 2.24) is 9.97 Å². The molecule has 0 fully saturated rings.